The molecule has 29 heavy (non-hydrogen) atoms. The third kappa shape index (κ3) is 6.49. The zero-order chi connectivity index (χ0) is 20.5. The molecule has 1 aliphatic rings. The number of anilines is 1. The van der Waals surface area contributed by atoms with E-state index in [0.717, 1.165) is 11.8 Å². The molecule has 0 fully saturated rings. The predicted octanol–water partition coefficient (Wildman–Crippen LogP) is 1.90. The number of hydrogen-bond donors (Lipinski definition) is 2. The van der Waals surface area contributed by atoms with E-state index in [1.54, 1.807) is 30.3 Å². The molecule has 0 saturated carbocycles. The second-order valence-electron chi connectivity index (χ2n) is 6.08. The highest BCUT2D eigenvalue weighted by Gasteiger charge is 2.12. The Morgan fingerprint density at radius 1 is 1.10 bits per heavy atom. The maximum Gasteiger partial charge on any atom is 0.270 e. The van der Waals surface area contributed by atoms with Gasteiger partial charge in [0, 0.05) is 18.3 Å². The van der Waals surface area contributed by atoms with Gasteiger partial charge in [0.25, 0.3) is 11.8 Å². The van der Waals surface area contributed by atoms with E-state index in [0.29, 0.717) is 43.4 Å². The highest BCUT2D eigenvalue weighted by Crippen LogP contribution is 2.32. The fourth-order valence-electron chi connectivity index (χ4n) is 2.53. The fraction of sp³-hybridized carbons (Fsp3) is 0.250. The van der Waals surface area contributed by atoms with E-state index in [9.17, 15) is 14.0 Å². The van der Waals surface area contributed by atoms with Crippen LogP contribution in [0.4, 0.5) is 10.1 Å². The van der Waals surface area contributed by atoms with Gasteiger partial charge in [-0.25, -0.2) is 4.39 Å². The van der Waals surface area contributed by atoms with Gasteiger partial charge in [-0.15, -0.1) is 0 Å². The van der Waals surface area contributed by atoms with E-state index in [4.69, 9.17) is 14.3 Å². The smallest absolute Gasteiger partial charge is 0.270 e. The summed E-state index contributed by atoms with van der Waals surface area (Å²) in [5.74, 6) is -0.0202. The molecule has 152 valence electrons. The Hall–Kier alpha value is -3.62. The van der Waals surface area contributed by atoms with Gasteiger partial charge in [-0.3, -0.25) is 9.59 Å². The van der Waals surface area contributed by atoms with Gasteiger partial charge in [0.15, 0.2) is 18.1 Å². The number of fused-ring (bicyclic) bond motifs is 1. The van der Waals surface area contributed by atoms with Crippen molar-refractivity contribution in [2.45, 2.75) is 6.42 Å². The summed E-state index contributed by atoms with van der Waals surface area (Å²) in [4.78, 5) is 28.3. The lowest BCUT2D eigenvalue weighted by atomic mass is 10.1. The number of carbonyl (C=O) groups excluding carboxylic acids is 2. The molecule has 0 spiro atoms. The molecule has 2 N–H and O–H groups in total. The maximum absolute atomic E-state index is 12.8. The first kappa shape index (κ1) is 20.1. The lowest BCUT2D eigenvalue weighted by Gasteiger charge is -2.18. The molecular weight excluding hydrogens is 381 g/mol. The van der Waals surface area contributed by atoms with Crippen LogP contribution in [-0.2, 0) is 20.8 Å². The molecule has 0 bridgehead atoms. The van der Waals surface area contributed by atoms with E-state index in [1.165, 1.54) is 12.1 Å². The number of benzene rings is 2. The molecule has 3 rings (SSSR count). The Kier molecular flexibility index (Phi) is 6.99. The number of carbonyl (C=O) groups is 2. The van der Waals surface area contributed by atoms with Crippen molar-refractivity contribution in [3.8, 4) is 11.5 Å². The molecule has 8 nitrogen and oxygen atoms in total. The minimum atomic E-state index is -0.515. The van der Waals surface area contributed by atoms with E-state index >= 15 is 0 Å². The Labute approximate surface area is 166 Å². The summed E-state index contributed by atoms with van der Waals surface area (Å²) in [5.41, 5.74) is 1.42. The van der Waals surface area contributed by atoms with Crippen molar-refractivity contribution in [2.24, 2.45) is 5.16 Å². The minimum absolute atomic E-state index is 0.304. The Morgan fingerprint density at radius 2 is 1.86 bits per heavy atom. The first-order valence-corrected chi connectivity index (χ1v) is 8.97. The number of halogens is 1. The monoisotopic (exact) mass is 401 g/mol. The molecule has 1 heterocycles. The molecule has 0 aliphatic carbocycles. The van der Waals surface area contributed by atoms with Gasteiger partial charge in [0.2, 0.25) is 0 Å². The SMILES string of the molecule is O=C(/C=N\OCC(=O)NCCc1ccc(F)cc1)Nc1ccc2c(c1)OCCO2. The lowest BCUT2D eigenvalue weighted by Crippen LogP contribution is -2.29. The van der Waals surface area contributed by atoms with Crippen molar-refractivity contribution in [3.05, 3.63) is 53.8 Å². The minimum Gasteiger partial charge on any atom is -0.486 e. The second kappa shape index (κ2) is 10.1. The van der Waals surface area contributed by atoms with Crippen LogP contribution in [0.15, 0.2) is 47.6 Å². The number of ether oxygens (including phenoxy) is 2. The van der Waals surface area contributed by atoms with Gasteiger partial charge in [-0.05, 0) is 36.2 Å². The molecule has 2 amide bonds. The molecular formula is C20H20FN3O5. The van der Waals surface area contributed by atoms with Crippen molar-refractivity contribution < 1.29 is 28.3 Å². The topological polar surface area (TPSA) is 98.2 Å². The van der Waals surface area contributed by atoms with Crippen molar-refractivity contribution in [2.75, 3.05) is 31.7 Å². The molecule has 0 radical (unpaired) electrons. The summed E-state index contributed by atoms with van der Waals surface area (Å²) in [5, 5.41) is 8.73. The molecule has 0 aromatic heterocycles. The van der Waals surface area contributed by atoms with Crippen LogP contribution in [0.5, 0.6) is 11.5 Å². The Bertz CT molecular complexity index is 886. The highest BCUT2D eigenvalue weighted by atomic mass is 19.1. The van der Waals surface area contributed by atoms with Crippen LogP contribution in [0.2, 0.25) is 0 Å². The maximum atomic E-state index is 12.8. The van der Waals surface area contributed by atoms with Gasteiger partial charge in [-0.2, -0.15) is 0 Å². The van der Waals surface area contributed by atoms with Crippen molar-refractivity contribution >= 4 is 23.7 Å². The van der Waals surface area contributed by atoms with Gasteiger partial charge < -0.3 is 24.9 Å². The van der Waals surface area contributed by atoms with Crippen molar-refractivity contribution in [3.63, 3.8) is 0 Å². The summed E-state index contributed by atoms with van der Waals surface area (Å²) >= 11 is 0. The van der Waals surface area contributed by atoms with Crippen molar-refractivity contribution in [1.82, 2.24) is 5.32 Å². The van der Waals surface area contributed by atoms with Gasteiger partial charge >= 0.3 is 0 Å². The van der Waals surface area contributed by atoms with Gasteiger partial charge in [-0.1, -0.05) is 17.3 Å². The molecule has 9 heteroatoms. The predicted molar refractivity (Wildman–Crippen MR) is 104 cm³/mol. The second-order valence-corrected chi connectivity index (χ2v) is 6.08. The van der Waals surface area contributed by atoms with Crippen molar-refractivity contribution in [1.29, 1.82) is 0 Å². The largest absolute Gasteiger partial charge is 0.486 e. The molecule has 2 aromatic rings. The molecule has 1 aliphatic heterocycles. The van der Waals surface area contributed by atoms with Crippen LogP contribution in [-0.4, -0.2) is 44.4 Å². The van der Waals surface area contributed by atoms with Crippen LogP contribution in [0.1, 0.15) is 5.56 Å². The summed E-state index contributed by atoms with van der Waals surface area (Å²) in [6.45, 7) is 0.994. The average molecular weight is 401 g/mol. The Balaban J connectivity index is 1.33. The standard InChI is InChI=1S/C20H20FN3O5/c21-15-3-1-14(2-4-15)7-8-22-20(26)13-29-23-12-19(25)24-16-5-6-17-18(11-16)28-10-9-27-17/h1-6,11-12H,7-10,13H2,(H,22,26)(H,24,25)/b23-12-. The summed E-state index contributed by atoms with van der Waals surface area (Å²) in [6.07, 6.45) is 1.50. The summed E-state index contributed by atoms with van der Waals surface area (Å²) in [6, 6.07) is 11.1. The third-order valence-electron chi connectivity index (χ3n) is 3.90. The van der Waals surface area contributed by atoms with Gasteiger partial charge in [0.1, 0.15) is 25.2 Å². The zero-order valence-electron chi connectivity index (χ0n) is 15.5. The third-order valence-corrected chi connectivity index (χ3v) is 3.90. The first-order valence-electron chi connectivity index (χ1n) is 8.97. The molecule has 0 unspecified atom stereocenters. The Morgan fingerprint density at radius 3 is 2.66 bits per heavy atom. The van der Waals surface area contributed by atoms with Gasteiger partial charge in [0.05, 0.1) is 0 Å². The summed E-state index contributed by atoms with van der Waals surface area (Å²) < 4.78 is 23.7. The normalized spacial score (nSPS) is 12.4. The summed E-state index contributed by atoms with van der Waals surface area (Å²) in [7, 11) is 0. The quantitative estimate of drug-likeness (QED) is 0.520. The van der Waals surface area contributed by atoms with E-state index < -0.39 is 5.91 Å². The molecule has 0 saturated heterocycles. The molecule has 0 atom stereocenters. The number of oxime groups is 1. The number of amides is 2. The van der Waals surface area contributed by atoms with Crippen LogP contribution >= 0.6 is 0 Å². The van der Waals surface area contributed by atoms with E-state index in [-0.39, 0.29) is 18.3 Å². The number of nitrogens with zero attached hydrogens (tertiary/aromatic N) is 1. The number of rotatable bonds is 8. The lowest BCUT2D eigenvalue weighted by molar-refractivity contribution is -0.125. The zero-order valence-corrected chi connectivity index (χ0v) is 15.5. The first-order chi connectivity index (χ1) is 14.1. The average Bonchev–Trinajstić information content (AvgIpc) is 2.72. The van der Waals surface area contributed by atoms with Crippen LogP contribution in [0.3, 0.4) is 0 Å². The molecule has 2 aromatic carbocycles. The highest BCUT2D eigenvalue weighted by molar-refractivity contribution is 6.31. The number of hydrogen-bond acceptors (Lipinski definition) is 6. The van der Waals surface area contributed by atoms with Crippen LogP contribution < -0.4 is 20.1 Å². The fourth-order valence-corrected chi connectivity index (χ4v) is 2.53. The number of nitrogens with one attached hydrogen (secondary N) is 2. The van der Waals surface area contributed by atoms with E-state index in [1.807, 2.05) is 0 Å². The van der Waals surface area contributed by atoms with Crippen LogP contribution in [0, 0.1) is 5.82 Å². The van der Waals surface area contributed by atoms with E-state index in [2.05, 4.69) is 15.8 Å². The van der Waals surface area contributed by atoms with Crippen LogP contribution in [0.25, 0.3) is 0 Å².